The molecule has 4 N–H and O–H groups in total. The monoisotopic (exact) mass is 176 g/mol. The van der Waals surface area contributed by atoms with Crippen LogP contribution in [-0.2, 0) is 4.74 Å². The van der Waals surface area contributed by atoms with E-state index in [1.54, 1.807) is 7.11 Å². The fourth-order valence-corrected chi connectivity index (χ4v) is 1.67. The molecular weight excluding hydrogens is 156 g/mol. The highest BCUT2D eigenvalue weighted by molar-refractivity contribution is 4.49. The Hall–Kier alpha value is -0.160. The number of nitrogens with one attached hydrogen (secondary N) is 1. The second-order valence-electron chi connectivity index (χ2n) is 3.43. The minimum absolute atomic E-state index is 0.289. The first kappa shape index (κ1) is 9.92. The topological polar surface area (TPSA) is 50.5 Å². The minimum atomic E-state index is -0.289. The van der Waals surface area contributed by atoms with Gasteiger partial charge in [0, 0.05) is 7.11 Å². The molecule has 1 aliphatic rings. The van der Waals surface area contributed by atoms with Crippen molar-refractivity contribution in [1.82, 2.24) is 0 Å². The highest BCUT2D eigenvalue weighted by atomic mass is 16.5. The predicted octanol–water partition coefficient (Wildman–Crippen LogP) is -3.54. The molecule has 1 heterocycles. The Bertz CT molecular complexity index is 116. The van der Waals surface area contributed by atoms with Gasteiger partial charge >= 0.3 is 0 Å². The summed E-state index contributed by atoms with van der Waals surface area (Å²) in [6.45, 7) is 6.01. The second kappa shape index (κ2) is 5.48. The molecule has 0 saturated carbocycles. The SMILES string of the molecule is COC[C@@H](O)C[NH+]1CC[NH2+]CC1. The molecule has 1 rings (SSSR count). The molecule has 1 aliphatic heterocycles. The highest BCUT2D eigenvalue weighted by Gasteiger charge is 2.18. The maximum absolute atomic E-state index is 9.45. The first-order chi connectivity index (χ1) is 5.83. The van der Waals surface area contributed by atoms with Crippen LogP contribution in [0.2, 0.25) is 0 Å². The van der Waals surface area contributed by atoms with E-state index in [0.717, 1.165) is 6.54 Å². The maximum Gasteiger partial charge on any atom is 0.127 e. The Balaban J connectivity index is 2.11. The number of piperazine rings is 1. The fourth-order valence-electron chi connectivity index (χ4n) is 1.67. The van der Waals surface area contributed by atoms with Gasteiger partial charge in [0.2, 0.25) is 0 Å². The van der Waals surface area contributed by atoms with Gasteiger partial charge in [0.1, 0.15) is 38.8 Å². The van der Waals surface area contributed by atoms with E-state index in [1.807, 2.05) is 0 Å². The van der Waals surface area contributed by atoms with Gasteiger partial charge in [0.25, 0.3) is 0 Å². The molecule has 0 bridgehead atoms. The summed E-state index contributed by atoms with van der Waals surface area (Å²) >= 11 is 0. The van der Waals surface area contributed by atoms with Crippen LogP contribution in [0.5, 0.6) is 0 Å². The van der Waals surface area contributed by atoms with E-state index >= 15 is 0 Å². The Morgan fingerprint density at radius 1 is 1.50 bits per heavy atom. The van der Waals surface area contributed by atoms with Crippen LogP contribution in [-0.4, -0.2) is 57.7 Å². The number of ether oxygens (including phenoxy) is 1. The molecule has 72 valence electrons. The van der Waals surface area contributed by atoms with Crippen molar-refractivity contribution in [1.29, 1.82) is 0 Å². The Morgan fingerprint density at radius 2 is 2.17 bits per heavy atom. The van der Waals surface area contributed by atoms with Gasteiger partial charge in [-0.3, -0.25) is 0 Å². The van der Waals surface area contributed by atoms with Crippen LogP contribution in [0, 0.1) is 0 Å². The lowest BCUT2D eigenvalue weighted by Gasteiger charge is -2.24. The summed E-state index contributed by atoms with van der Waals surface area (Å²) < 4.78 is 4.87. The lowest BCUT2D eigenvalue weighted by atomic mass is 10.3. The summed E-state index contributed by atoms with van der Waals surface area (Å²) in [5.74, 6) is 0. The summed E-state index contributed by atoms with van der Waals surface area (Å²) in [6.07, 6.45) is -0.289. The average molecular weight is 176 g/mol. The van der Waals surface area contributed by atoms with E-state index in [4.69, 9.17) is 4.74 Å². The highest BCUT2D eigenvalue weighted by Crippen LogP contribution is 1.77. The zero-order valence-corrected chi connectivity index (χ0v) is 7.75. The second-order valence-corrected chi connectivity index (χ2v) is 3.43. The normalized spacial score (nSPS) is 22.5. The van der Waals surface area contributed by atoms with Gasteiger partial charge < -0.3 is 20.1 Å². The number of methoxy groups -OCH3 is 1. The fraction of sp³-hybridized carbons (Fsp3) is 1.00. The molecule has 0 spiro atoms. The molecule has 0 amide bonds. The number of hydrogen-bond donors (Lipinski definition) is 3. The van der Waals surface area contributed by atoms with Crippen molar-refractivity contribution in [3.63, 3.8) is 0 Å². The van der Waals surface area contributed by atoms with Crippen LogP contribution in [0.1, 0.15) is 0 Å². The molecule has 0 radical (unpaired) electrons. The summed E-state index contributed by atoms with van der Waals surface area (Å²) in [4.78, 5) is 1.50. The van der Waals surface area contributed by atoms with E-state index in [1.165, 1.54) is 31.1 Å². The van der Waals surface area contributed by atoms with Crippen molar-refractivity contribution >= 4 is 0 Å². The third-order valence-corrected chi connectivity index (χ3v) is 2.29. The van der Waals surface area contributed by atoms with Gasteiger partial charge in [-0.1, -0.05) is 0 Å². The molecule has 1 fully saturated rings. The van der Waals surface area contributed by atoms with Gasteiger partial charge in [-0.05, 0) is 0 Å². The van der Waals surface area contributed by atoms with E-state index in [9.17, 15) is 5.11 Å². The molecule has 0 aromatic rings. The van der Waals surface area contributed by atoms with Gasteiger partial charge in [-0.15, -0.1) is 0 Å². The number of quaternary nitrogens is 2. The third-order valence-electron chi connectivity index (χ3n) is 2.29. The molecule has 4 heteroatoms. The maximum atomic E-state index is 9.45. The number of nitrogens with two attached hydrogens (primary N) is 1. The van der Waals surface area contributed by atoms with Gasteiger partial charge in [0.05, 0.1) is 6.61 Å². The largest absolute Gasteiger partial charge is 0.385 e. The summed E-state index contributed by atoms with van der Waals surface area (Å²) in [5.41, 5.74) is 0. The molecular formula is C8H20N2O2+2. The standard InChI is InChI=1S/C8H18N2O2/c1-12-7-8(11)6-10-4-2-9-3-5-10/h8-9,11H,2-7H2,1H3/p+2/t8-/m0/s1. The van der Waals surface area contributed by atoms with Gasteiger partial charge in [-0.2, -0.15) is 0 Å². The van der Waals surface area contributed by atoms with Crippen molar-refractivity contribution < 1.29 is 20.1 Å². The summed E-state index contributed by atoms with van der Waals surface area (Å²) in [6, 6.07) is 0. The van der Waals surface area contributed by atoms with Crippen LogP contribution < -0.4 is 10.2 Å². The van der Waals surface area contributed by atoms with E-state index in [0.29, 0.717) is 6.61 Å². The van der Waals surface area contributed by atoms with E-state index < -0.39 is 0 Å². The van der Waals surface area contributed by atoms with Crippen molar-refractivity contribution in [2.24, 2.45) is 0 Å². The summed E-state index contributed by atoms with van der Waals surface area (Å²) in [5, 5.41) is 11.8. The Morgan fingerprint density at radius 3 is 2.75 bits per heavy atom. The van der Waals surface area contributed by atoms with Gasteiger partial charge in [-0.25, -0.2) is 0 Å². The molecule has 4 nitrogen and oxygen atoms in total. The minimum Gasteiger partial charge on any atom is -0.385 e. The van der Waals surface area contributed by atoms with Crippen LogP contribution in [0.25, 0.3) is 0 Å². The van der Waals surface area contributed by atoms with Crippen molar-refractivity contribution in [2.75, 3.05) is 46.4 Å². The molecule has 0 aromatic carbocycles. The molecule has 0 aromatic heterocycles. The van der Waals surface area contributed by atoms with Crippen LogP contribution in [0.15, 0.2) is 0 Å². The van der Waals surface area contributed by atoms with Crippen molar-refractivity contribution in [3.8, 4) is 0 Å². The Kier molecular flexibility index (Phi) is 4.53. The first-order valence-electron chi connectivity index (χ1n) is 4.65. The van der Waals surface area contributed by atoms with E-state index in [-0.39, 0.29) is 6.10 Å². The zero-order valence-electron chi connectivity index (χ0n) is 7.75. The van der Waals surface area contributed by atoms with Gasteiger partial charge in [0.15, 0.2) is 0 Å². The number of hydrogen-bond acceptors (Lipinski definition) is 2. The molecule has 12 heavy (non-hydrogen) atoms. The third kappa shape index (κ3) is 3.49. The molecule has 0 aliphatic carbocycles. The van der Waals surface area contributed by atoms with Crippen LogP contribution in [0.4, 0.5) is 0 Å². The Labute approximate surface area is 73.5 Å². The van der Waals surface area contributed by atoms with Crippen LogP contribution in [0.3, 0.4) is 0 Å². The lowest BCUT2D eigenvalue weighted by molar-refractivity contribution is -0.949. The molecule has 1 saturated heterocycles. The lowest BCUT2D eigenvalue weighted by Crippen LogP contribution is -3.21. The quantitative estimate of drug-likeness (QED) is 0.415. The number of rotatable bonds is 4. The predicted molar refractivity (Wildman–Crippen MR) is 45.1 cm³/mol. The van der Waals surface area contributed by atoms with Crippen molar-refractivity contribution in [3.05, 3.63) is 0 Å². The smallest absolute Gasteiger partial charge is 0.127 e. The van der Waals surface area contributed by atoms with Crippen LogP contribution >= 0.6 is 0 Å². The number of aliphatic hydroxyl groups is 1. The zero-order chi connectivity index (χ0) is 8.81. The van der Waals surface area contributed by atoms with E-state index in [2.05, 4.69) is 5.32 Å². The average Bonchev–Trinajstić information content (AvgIpc) is 2.06. The molecule has 0 unspecified atom stereocenters. The number of aliphatic hydroxyl groups excluding tert-OH is 1. The molecule has 1 atom stereocenters. The summed E-state index contributed by atoms with van der Waals surface area (Å²) in [7, 11) is 1.63. The first-order valence-corrected chi connectivity index (χ1v) is 4.65. The van der Waals surface area contributed by atoms with Crippen molar-refractivity contribution in [2.45, 2.75) is 6.10 Å².